The summed E-state index contributed by atoms with van der Waals surface area (Å²) in [5.41, 5.74) is 5.31. The molecule has 3 aromatic carbocycles. The Morgan fingerprint density at radius 2 is 1.62 bits per heavy atom. The summed E-state index contributed by atoms with van der Waals surface area (Å²) in [4.78, 5) is 42.1. The van der Waals surface area contributed by atoms with Crippen molar-refractivity contribution >= 4 is 28.8 Å². The van der Waals surface area contributed by atoms with Crippen LogP contribution in [0.4, 0.5) is 11.4 Å². The van der Waals surface area contributed by atoms with E-state index in [1.54, 1.807) is 31.3 Å². The van der Waals surface area contributed by atoms with Crippen LogP contribution in [0.1, 0.15) is 85.8 Å². The van der Waals surface area contributed by atoms with Crippen LogP contribution >= 0.6 is 0 Å². The minimum atomic E-state index is -0.620. The second kappa shape index (κ2) is 12.6. The van der Waals surface area contributed by atoms with Crippen LogP contribution in [-0.2, 0) is 9.59 Å². The van der Waals surface area contributed by atoms with E-state index < -0.39 is 6.04 Å². The molecule has 0 saturated heterocycles. The number of carbonyl (C=O) groups excluding carboxylic acids is 3. The molecule has 1 aliphatic heterocycles. The van der Waals surface area contributed by atoms with Gasteiger partial charge in [0.25, 0.3) is 0 Å². The van der Waals surface area contributed by atoms with Crippen LogP contribution in [0.5, 0.6) is 11.5 Å². The number of amides is 1. The van der Waals surface area contributed by atoms with E-state index in [0.29, 0.717) is 41.9 Å². The minimum Gasteiger partial charge on any atom is -0.493 e. The van der Waals surface area contributed by atoms with E-state index in [1.165, 1.54) is 6.92 Å². The van der Waals surface area contributed by atoms with Crippen LogP contribution in [0, 0.1) is 0 Å². The summed E-state index contributed by atoms with van der Waals surface area (Å²) in [6, 6.07) is 20.2. The van der Waals surface area contributed by atoms with Crippen LogP contribution < -0.4 is 19.7 Å². The molecule has 1 amide bonds. The van der Waals surface area contributed by atoms with Gasteiger partial charge < -0.3 is 14.8 Å². The largest absolute Gasteiger partial charge is 0.493 e. The van der Waals surface area contributed by atoms with E-state index >= 15 is 0 Å². The summed E-state index contributed by atoms with van der Waals surface area (Å²) in [5.74, 6) is 1.10. The molecule has 1 aliphatic carbocycles. The number of unbranched alkanes of at least 4 members (excludes halogenated alkanes) is 2. The molecule has 7 heteroatoms. The molecule has 0 spiro atoms. The first-order valence-corrected chi connectivity index (χ1v) is 14.6. The second-order valence-electron chi connectivity index (χ2n) is 11.0. The van der Waals surface area contributed by atoms with Gasteiger partial charge in [0.15, 0.2) is 23.1 Å². The Kier molecular flexibility index (Phi) is 8.76. The van der Waals surface area contributed by atoms with E-state index in [-0.39, 0.29) is 23.4 Å². The summed E-state index contributed by atoms with van der Waals surface area (Å²) >= 11 is 0. The molecule has 0 saturated carbocycles. The third-order valence-corrected chi connectivity index (χ3v) is 8.26. The quantitative estimate of drug-likeness (QED) is 0.215. The molecule has 1 heterocycles. The van der Waals surface area contributed by atoms with Gasteiger partial charge in [-0.1, -0.05) is 62.2 Å². The van der Waals surface area contributed by atoms with Gasteiger partial charge in [-0.3, -0.25) is 19.3 Å². The van der Waals surface area contributed by atoms with Gasteiger partial charge in [-0.05, 0) is 61.1 Å². The lowest BCUT2D eigenvalue weighted by atomic mass is 9.78. The number of Topliss-reactive ketones (excluding diaryl/α,β-unsaturated/α-hetero) is 2. The lowest BCUT2D eigenvalue weighted by molar-refractivity contribution is -0.119. The minimum absolute atomic E-state index is 0.0108. The number of carbonyl (C=O) groups is 3. The number of rotatable bonds is 9. The summed E-state index contributed by atoms with van der Waals surface area (Å²) in [7, 11) is 3.20. The SMILES string of the molecule is CCCCCC(=O)N1c2ccccc2NC2=C(C(=O)C[C@H](c3ccc(OC)c(OC)c3)C2)[C@H]1c1ccc(C(C)=O)cc1. The molecule has 218 valence electrons. The van der Waals surface area contributed by atoms with Crippen molar-refractivity contribution in [1.29, 1.82) is 0 Å². The van der Waals surface area contributed by atoms with Gasteiger partial charge in [0.1, 0.15) is 0 Å². The first-order valence-electron chi connectivity index (χ1n) is 14.6. The number of ketones is 2. The second-order valence-corrected chi connectivity index (χ2v) is 11.0. The molecule has 7 nitrogen and oxygen atoms in total. The zero-order chi connectivity index (χ0) is 29.8. The Labute approximate surface area is 247 Å². The van der Waals surface area contributed by atoms with E-state index in [2.05, 4.69) is 12.2 Å². The van der Waals surface area contributed by atoms with Gasteiger partial charge in [0, 0.05) is 29.7 Å². The molecular weight excluding hydrogens is 528 g/mol. The number of para-hydroxylation sites is 2. The number of fused-ring (bicyclic) bond motifs is 1. The summed E-state index contributed by atoms with van der Waals surface area (Å²) in [6.45, 7) is 3.64. The van der Waals surface area contributed by atoms with Crippen LogP contribution in [0.2, 0.25) is 0 Å². The average molecular weight is 567 g/mol. The van der Waals surface area contributed by atoms with Crippen LogP contribution in [0.3, 0.4) is 0 Å². The third kappa shape index (κ3) is 5.69. The van der Waals surface area contributed by atoms with Gasteiger partial charge >= 0.3 is 0 Å². The lowest BCUT2D eigenvalue weighted by Crippen LogP contribution is -2.38. The molecule has 2 atom stereocenters. The number of hydrogen-bond acceptors (Lipinski definition) is 6. The third-order valence-electron chi connectivity index (χ3n) is 8.26. The fraction of sp³-hybridized carbons (Fsp3) is 0.343. The lowest BCUT2D eigenvalue weighted by Gasteiger charge is -2.35. The first kappa shape index (κ1) is 29.1. The molecule has 0 aromatic heterocycles. The summed E-state index contributed by atoms with van der Waals surface area (Å²) in [6.07, 6.45) is 4.01. The van der Waals surface area contributed by atoms with E-state index in [4.69, 9.17) is 9.47 Å². The predicted molar refractivity (Wildman–Crippen MR) is 164 cm³/mol. The number of methoxy groups -OCH3 is 2. The molecule has 1 N–H and O–H groups in total. The van der Waals surface area contributed by atoms with Crippen LogP contribution in [-0.4, -0.2) is 31.7 Å². The van der Waals surface area contributed by atoms with Gasteiger partial charge in [0.2, 0.25) is 5.91 Å². The zero-order valence-corrected chi connectivity index (χ0v) is 24.7. The molecule has 42 heavy (non-hydrogen) atoms. The van der Waals surface area contributed by atoms with Crippen molar-refractivity contribution in [1.82, 2.24) is 0 Å². The van der Waals surface area contributed by atoms with Crippen LogP contribution in [0.15, 0.2) is 78.0 Å². The van der Waals surface area contributed by atoms with Crippen molar-refractivity contribution in [3.05, 3.63) is 94.7 Å². The number of anilines is 2. The van der Waals surface area contributed by atoms with Gasteiger partial charge in [-0.15, -0.1) is 0 Å². The predicted octanol–water partition coefficient (Wildman–Crippen LogP) is 7.39. The van der Waals surface area contributed by atoms with Crippen molar-refractivity contribution in [3.63, 3.8) is 0 Å². The van der Waals surface area contributed by atoms with Crippen molar-refractivity contribution < 1.29 is 23.9 Å². The van der Waals surface area contributed by atoms with Crippen LogP contribution in [0.25, 0.3) is 0 Å². The van der Waals surface area contributed by atoms with Gasteiger partial charge in [-0.25, -0.2) is 0 Å². The number of allylic oxidation sites excluding steroid dienone is 1. The highest BCUT2D eigenvalue weighted by Crippen LogP contribution is 2.48. The molecule has 2 aliphatic rings. The molecule has 5 rings (SSSR count). The molecular formula is C35H38N2O5. The number of ether oxygens (including phenoxy) is 2. The number of nitrogens with zero attached hydrogens (tertiary/aromatic N) is 1. The van der Waals surface area contributed by atoms with Crippen molar-refractivity contribution in [2.45, 2.75) is 64.3 Å². The fourth-order valence-corrected chi connectivity index (χ4v) is 6.07. The maximum absolute atomic E-state index is 14.2. The highest BCUT2D eigenvalue weighted by Gasteiger charge is 2.41. The van der Waals surface area contributed by atoms with Crippen molar-refractivity contribution in [3.8, 4) is 11.5 Å². The summed E-state index contributed by atoms with van der Waals surface area (Å²) in [5, 5.41) is 3.58. The van der Waals surface area contributed by atoms with Crippen molar-refractivity contribution in [2.75, 3.05) is 24.4 Å². The van der Waals surface area contributed by atoms with Gasteiger partial charge in [0.05, 0.1) is 31.6 Å². The Morgan fingerprint density at radius 3 is 2.31 bits per heavy atom. The molecule has 3 aromatic rings. The molecule has 0 fully saturated rings. The highest BCUT2D eigenvalue weighted by molar-refractivity contribution is 6.06. The van der Waals surface area contributed by atoms with Gasteiger partial charge in [-0.2, -0.15) is 0 Å². The normalized spacial score (nSPS) is 18.0. The molecule has 0 bridgehead atoms. The van der Waals surface area contributed by atoms with E-state index in [0.717, 1.165) is 47.5 Å². The highest BCUT2D eigenvalue weighted by atomic mass is 16.5. The number of nitrogens with one attached hydrogen (secondary N) is 1. The Morgan fingerprint density at radius 1 is 0.905 bits per heavy atom. The Bertz CT molecular complexity index is 1520. The van der Waals surface area contributed by atoms with Crippen molar-refractivity contribution in [2.24, 2.45) is 0 Å². The maximum Gasteiger partial charge on any atom is 0.227 e. The monoisotopic (exact) mass is 566 g/mol. The first-order chi connectivity index (χ1) is 20.4. The fourth-order valence-electron chi connectivity index (χ4n) is 6.07. The molecule has 0 radical (unpaired) electrons. The number of benzene rings is 3. The van der Waals surface area contributed by atoms with E-state index in [1.807, 2.05) is 54.6 Å². The topological polar surface area (TPSA) is 84.9 Å². The van der Waals surface area contributed by atoms with E-state index in [9.17, 15) is 14.4 Å². The standard InChI is InChI=1S/C35H38N2O5/c1-5-6-7-12-33(40)37-29-11-9-8-10-27(29)36-28-19-26(25-17-18-31(41-3)32(21-25)42-4)20-30(39)34(28)35(37)24-15-13-23(14-16-24)22(2)38/h8-11,13-18,21,26,35-36H,5-7,12,19-20H2,1-4H3/t26-,35-/m1/s1. The Hall–Kier alpha value is -4.39. The zero-order valence-electron chi connectivity index (χ0n) is 24.7. The molecule has 0 unspecified atom stereocenters. The maximum atomic E-state index is 14.2. The number of hydrogen-bond donors (Lipinski definition) is 1. The smallest absolute Gasteiger partial charge is 0.227 e. The summed E-state index contributed by atoms with van der Waals surface area (Å²) < 4.78 is 11.0. The average Bonchev–Trinajstić information content (AvgIpc) is 3.15. The Balaban J connectivity index is 1.65.